The van der Waals surface area contributed by atoms with Gasteiger partial charge in [0.1, 0.15) is 6.10 Å². The number of carbonyl (C=O) groups excluding carboxylic acids is 2. The third-order valence-electron chi connectivity index (χ3n) is 5.46. The van der Waals surface area contributed by atoms with Crippen molar-refractivity contribution >= 4 is 28.7 Å². The molecule has 3 N–H and O–H groups in total. The Morgan fingerprint density at radius 3 is 3.00 bits per heavy atom. The molecule has 2 atom stereocenters. The fourth-order valence-electron chi connectivity index (χ4n) is 3.97. The standard InChI is InChI=1S/C21H26N6O3/c1-3-22-21(29)30-16-6-5-14(10-16)17-11-19(26-25-17)24-20(28)9-13-4-7-18-15(8-13)12-23-27(18)2/h4,7-8,11-12,14,16H,3,5-6,9-10H2,1-2H3,(H,22,29)(H2,24,25,26,28)/t14-,16+/m0/s1. The zero-order valence-corrected chi connectivity index (χ0v) is 17.1. The zero-order valence-electron chi connectivity index (χ0n) is 17.1. The lowest BCUT2D eigenvalue weighted by molar-refractivity contribution is -0.115. The van der Waals surface area contributed by atoms with E-state index in [1.54, 1.807) is 10.9 Å². The quantitative estimate of drug-likeness (QED) is 0.578. The van der Waals surface area contributed by atoms with Crippen LogP contribution in [-0.4, -0.2) is 44.6 Å². The van der Waals surface area contributed by atoms with Gasteiger partial charge in [0.2, 0.25) is 5.91 Å². The van der Waals surface area contributed by atoms with Gasteiger partial charge < -0.3 is 15.4 Å². The summed E-state index contributed by atoms with van der Waals surface area (Å²) in [6, 6.07) is 7.75. The van der Waals surface area contributed by atoms with E-state index in [0.29, 0.717) is 12.4 Å². The molecule has 3 aromatic rings. The van der Waals surface area contributed by atoms with Gasteiger partial charge in [0.05, 0.1) is 18.1 Å². The second kappa shape index (κ2) is 8.56. The third kappa shape index (κ3) is 4.45. The summed E-state index contributed by atoms with van der Waals surface area (Å²) < 4.78 is 7.22. The Hall–Kier alpha value is -3.36. The number of benzene rings is 1. The van der Waals surface area contributed by atoms with Gasteiger partial charge in [-0.2, -0.15) is 10.2 Å². The van der Waals surface area contributed by atoms with Crippen molar-refractivity contribution in [1.82, 2.24) is 25.3 Å². The van der Waals surface area contributed by atoms with Crippen LogP contribution < -0.4 is 10.6 Å². The highest BCUT2D eigenvalue weighted by Gasteiger charge is 2.29. The van der Waals surface area contributed by atoms with E-state index >= 15 is 0 Å². The van der Waals surface area contributed by atoms with Crippen LogP contribution in [0.25, 0.3) is 10.9 Å². The first-order valence-electron chi connectivity index (χ1n) is 10.2. The second-order valence-electron chi connectivity index (χ2n) is 7.66. The molecule has 0 radical (unpaired) electrons. The molecule has 1 aliphatic rings. The lowest BCUT2D eigenvalue weighted by Gasteiger charge is -2.12. The Labute approximate surface area is 174 Å². The van der Waals surface area contributed by atoms with Crippen molar-refractivity contribution in [2.24, 2.45) is 7.05 Å². The number of fused-ring (bicyclic) bond motifs is 1. The Bertz CT molecular complexity index is 1060. The number of nitrogens with zero attached hydrogens (tertiary/aromatic N) is 3. The SMILES string of the molecule is CCNC(=O)O[C@@H]1CC[C@H](c2cc(NC(=O)Cc3ccc4c(cnn4C)c3)n[nH]2)C1. The number of aryl methyl sites for hydroxylation is 1. The van der Waals surface area contributed by atoms with Crippen molar-refractivity contribution in [2.75, 3.05) is 11.9 Å². The molecule has 9 nitrogen and oxygen atoms in total. The Morgan fingerprint density at radius 1 is 1.30 bits per heavy atom. The summed E-state index contributed by atoms with van der Waals surface area (Å²) in [5, 5.41) is 18.0. The van der Waals surface area contributed by atoms with E-state index in [0.717, 1.165) is 41.4 Å². The molecule has 1 saturated carbocycles. The van der Waals surface area contributed by atoms with E-state index in [1.807, 2.05) is 38.2 Å². The van der Waals surface area contributed by atoms with Gasteiger partial charge in [-0.3, -0.25) is 14.6 Å². The predicted molar refractivity (Wildman–Crippen MR) is 112 cm³/mol. The Kier molecular flexibility index (Phi) is 5.69. The number of anilines is 1. The highest BCUT2D eigenvalue weighted by atomic mass is 16.6. The van der Waals surface area contributed by atoms with Crippen molar-refractivity contribution in [3.8, 4) is 0 Å². The van der Waals surface area contributed by atoms with E-state index in [2.05, 4.69) is 25.9 Å². The minimum Gasteiger partial charge on any atom is -0.446 e. The molecule has 1 aliphatic carbocycles. The van der Waals surface area contributed by atoms with Crippen LogP contribution in [0.5, 0.6) is 0 Å². The van der Waals surface area contributed by atoms with Crippen molar-refractivity contribution in [3.63, 3.8) is 0 Å². The first-order chi connectivity index (χ1) is 14.5. The molecule has 0 aliphatic heterocycles. The monoisotopic (exact) mass is 410 g/mol. The molecule has 0 saturated heterocycles. The van der Waals surface area contributed by atoms with Crippen LogP contribution in [0.4, 0.5) is 10.6 Å². The van der Waals surface area contributed by atoms with Crippen molar-refractivity contribution < 1.29 is 14.3 Å². The summed E-state index contributed by atoms with van der Waals surface area (Å²) in [6.45, 7) is 2.41. The number of rotatable bonds is 6. The molecule has 1 aromatic carbocycles. The second-order valence-corrected chi connectivity index (χ2v) is 7.66. The smallest absolute Gasteiger partial charge is 0.407 e. The summed E-state index contributed by atoms with van der Waals surface area (Å²) in [7, 11) is 1.89. The fourth-order valence-corrected chi connectivity index (χ4v) is 3.97. The Balaban J connectivity index is 1.31. The number of H-pyrrole nitrogens is 1. The first-order valence-corrected chi connectivity index (χ1v) is 10.2. The summed E-state index contributed by atoms with van der Waals surface area (Å²) in [4.78, 5) is 24.0. The van der Waals surface area contributed by atoms with E-state index in [1.165, 1.54) is 0 Å². The van der Waals surface area contributed by atoms with Gasteiger partial charge in [-0.1, -0.05) is 6.07 Å². The summed E-state index contributed by atoms with van der Waals surface area (Å²) >= 11 is 0. The van der Waals surface area contributed by atoms with E-state index in [4.69, 9.17) is 4.74 Å². The number of ether oxygens (including phenoxy) is 1. The van der Waals surface area contributed by atoms with Crippen molar-refractivity contribution in [1.29, 1.82) is 0 Å². The summed E-state index contributed by atoms with van der Waals surface area (Å²) in [5.74, 6) is 0.612. The molecule has 30 heavy (non-hydrogen) atoms. The molecule has 0 bridgehead atoms. The average Bonchev–Trinajstić information content (AvgIpc) is 3.43. The maximum atomic E-state index is 12.4. The van der Waals surface area contributed by atoms with Crippen molar-refractivity contribution in [2.45, 2.75) is 44.6 Å². The van der Waals surface area contributed by atoms with Crippen LogP contribution in [0.1, 0.15) is 43.4 Å². The summed E-state index contributed by atoms with van der Waals surface area (Å²) in [6.07, 6.45) is 4.07. The number of hydrogen-bond donors (Lipinski definition) is 3. The largest absolute Gasteiger partial charge is 0.446 e. The minimum atomic E-state index is -0.370. The van der Waals surface area contributed by atoms with Crippen LogP contribution in [0.15, 0.2) is 30.5 Å². The molecule has 0 unspecified atom stereocenters. The average molecular weight is 410 g/mol. The molecule has 4 rings (SSSR count). The normalized spacial score (nSPS) is 18.5. The number of aromatic amines is 1. The molecule has 0 spiro atoms. The summed E-state index contributed by atoms with van der Waals surface area (Å²) in [5.41, 5.74) is 2.90. The van der Waals surface area contributed by atoms with Crippen LogP contribution in [-0.2, 0) is 23.0 Å². The van der Waals surface area contributed by atoms with Gasteiger partial charge in [-0.15, -0.1) is 0 Å². The molecule has 2 amide bonds. The lowest BCUT2D eigenvalue weighted by atomic mass is 10.0. The van der Waals surface area contributed by atoms with Gasteiger partial charge in [0.15, 0.2) is 5.82 Å². The maximum absolute atomic E-state index is 12.4. The molecule has 9 heteroatoms. The molecule has 158 valence electrons. The topological polar surface area (TPSA) is 114 Å². The van der Waals surface area contributed by atoms with E-state index in [9.17, 15) is 9.59 Å². The van der Waals surface area contributed by atoms with Gasteiger partial charge in [-0.05, 0) is 43.9 Å². The number of hydrogen-bond acceptors (Lipinski definition) is 5. The number of alkyl carbamates (subject to hydrolysis) is 1. The molecular weight excluding hydrogens is 384 g/mol. The molecule has 2 aromatic heterocycles. The van der Waals surface area contributed by atoms with Gasteiger partial charge in [-0.25, -0.2) is 4.79 Å². The maximum Gasteiger partial charge on any atom is 0.407 e. The molecule has 1 fully saturated rings. The highest BCUT2D eigenvalue weighted by Crippen LogP contribution is 2.35. The van der Waals surface area contributed by atoms with Crippen LogP contribution in [0, 0.1) is 0 Å². The Morgan fingerprint density at radius 2 is 2.17 bits per heavy atom. The van der Waals surface area contributed by atoms with E-state index in [-0.39, 0.29) is 30.4 Å². The van der Waals surface area contributed by atoms with Gasteiger partial charge in [0, 0.05) is 36.7 Å². The third-order valence-corrected chi connectivity index (χ3v) is 5.46. The molecule has 2 heterocycles. The van der Waals surface area contributed by atoms with Crippen LogP contribution in [0.2, 0.25) is 0 Å². The van der Waals surface area contributed by atoms with Gasteiger partial charge in [0.25, 0.3) is 0 Å². The number of amides is 2. The van der Waals surface area contributed by atoms with E-state index < -0.39 is 0 Å². The van der Waals surface area contributed by atoms with Crippen molar-refractivity contribution in [3.05, 3.63) is 41.7 Å². The van der Waals surface area contributed by atoms with Crippen LogP contribution >= 0.6 is 0 Å². The van der Waals surface area contributed by atoms with Gasteiger partial charge >= 0.3 is 6.09 Å². The number of nitrogens with one attached hydrogen (secondary N) is 3. The predicted octanol–water partition coefficient (Wildman–Crippen LogP) is 2.86. The fraction of sp³-hybridized carbons (Fsp3) is 0.429. The first kappa shape index (κ1) is 19.9. The lowest BCUT2D eigenvalue weighted by Crippen LogP contribution is -2.27. The number of carbonyl (C=O) groups is 2. The molecular formula is C21H26N6O3. The van der Waals surface area contributed by atoms with Crippen LogP contribution in [0.3, 0.4) is 0 Å². The highest BCUT2D eigenvalue weighted by molar-refractivity contribution is 5.92. The number of aromatic nitrogens is 4. The zero-order chi connectivity index (χ0) is 21.1. The minimum absolute atomic E-state index is 0.0923.